The van der Waals surface area contributed by atoms with Crippen molar-refractivity contribution in [1.29, 1.82) is 0 Å². The molecule has 16 heavy (non-hydrogen) atoms. The normalized spacial score (nSPS) is 14.4. The van der Waals surface area contributed by atoms with E-state index in [1.54, 1.807) is 4.90 Å². The Balaban J connectivity index is 2.52. The van der Waals surface area contributed by atoms with E-state index in [4.69, 9.17) is 0 Å². The number of halogens is 1. The number of nitro benzene ring substituents is 1. The molecule has 0 spiro atoms. The summed E-state index contributed by atoms with van der Waals surface area (Å²) in [7, 11) is 0. The van der Waals surface area contributed by atoms with Crippen molar-refractivity contribution in [2.75, 3.05) is 18.0 Å². The molecule has 5 nitrogen and oxygen atoms in total. The van der Waals surface area contributed by atoms with Crippen molar-refractivity contribution in [2.45, 2.75) is 6.42 Å². The zero-order valence-corrected chi connectivity index (χ0v) is 8.35. The van der Waals surface area contributed by atoms with Crippen molar-refractivity contribution < 1.29 is 14.1 Å². The largest absolute Gasteiger partial charge is 0.366 e. The van der Waals surface area contributed by atoms with Gasteiger partial charge in [0.05, 0.1) is 10.5 Å². The van der Waals surface area contributed by atoms with Crippen LogP contribution in [0.5, 0.6) is 0 Å². The van der Waals surface area contributed by atoms with Gasteiger partial charge in [-0.25, -0.2) is 4.39 Å². The van der Waals surface area contributed by atoms with E-state index in [9.17, 15) is 19.3 Å². The van der Waals surface area contributed by atoms with E-state index in [1.807, 2.05) is 0 Å². The number of hydrogen-bond donors (Lipinski definition) is 0. The van der Waals surface area contributed by atoms with Crippen LogP contribution >= 0.6 is 0 Å². The molecule has 0 unspecified atom stereocenters. The first kappa shape index (κ1) is 10.5. The van der Waals surface area contributed by atoms with E-state index >= 15 is 0 Å². The lowest BCUT2D eigenvalue weighted by atomic mass is 10.1. The lowest BCUT2D eigenvalue weighted by Gasteiger charge is -2.32. The first-order chi connectivity index (χ1) is 7.63. The van der Waals surface area contributed by atoms with Crippen LogP contribution in [-0.2, 0) is 0 Å². The smallest absolute Gasteiger partial charge is 0.293 e. The number of carbonyl (C=O) groups excluding carboxylic acids is 1. The Labute approximate surface area is 90.6 Å². The van der Waals surface area contributed by atoms with Gasteiger partial charge in [0, 0.05) is 25.2 Å². The molecule has 1 heterocycles. The fourth-order valence-electron chi connectivity index (χ4n) is 1.61. The summed E-state index contributed by atoms with van der Waals surface area (Å²) < 4.78 is 13.3. The Bertz CT molecular complexity index is 458. The van der Waals surface area contributed by atoms with Gasteiger partial charge in [-0.15, -0.1) is 0 Å². The van der Waals surface area contributed by atoms with Crippen molar-refractivity contribution in [3.8, 4) is 0 Å². The SMILES string of the molecule is O=Cc1cc([N+](=O)[O-])c(N2CCC2)cc1F. The molecule has 0 saturated carbocycles. The minimum absolute atomic E-state index is 0.219. The van der Waals surface area contributed by atoms with Gasteiger partial charge >= 0.3 is 0 Å². The number of rotatable bonds is 3. The number of benzene rings is 1. The monoisotopic (exact) mass is 224 g/mol. The number of anilines is 1. The number of nitro groups is 1. The van der Waals surface area contributed by atoms with Crippen LogP contribution in [0.25, 0.3) is 0 Å². The summed E-state index contributed by atoms with van der Waals surface area (Å²) in [6.45, 7) is 1.36. The molecular formula is C10H9FN2O3. The molecule has 0 aliphatic carbocycles. The maximum atomic E-state index is 13.3. The fourth-order valence-corrected chi connectivity index (χ4v) is 1.61. The maximum Gasteiger partial charge on any atom is 0.293 e. The summed E-state index contributed by atoms with van der Waals surface area (Å²) in [5.74, 6) is -0.720. The van der Waals surface area contributed by atoms with E-state index in [1.165, 1.54) is 0 Å². The highest BCUT2D eigenvalue weighted by Crippen LogP contribution is 2.33. The molecule has 1 aliphatic rings. The molecule has 84 valence electrons. The molecule has 0 amide bonds. The number of nitrogens with zero attached hydrogens (tertiary/aromatic N) is 2. The third-order valence-corrected chi connectivity index (χ3v) is 2.61. The third kappa shape index (κ3) is 1.62. The summed E-state index contributed by atoms with van der Waals surface area (Å²) in [5, 5.41) is 10.8. The zero-order valence-electron chi connectivity index (χ0n) is 8.35. The van der Waals surface area contributed by atoms with Gasteiger partial charge in [-0.2, -0.15) is 0 Å². The molecule has 1 saturated heterocycles. The molecule has 2 rings (SSSR count). The quantitative estimate of drug-likeness (QED) is 0.445. The van der Waals surface area contributed by atoms with Crippen molar-refractivity contribution in [2.24, 2.45) is 0 Å². The molecule has 0 atom stereocenters. The van der Waals surface area contributed by atoms with Gasteiger partial charge in [0.1, 0.15) is 11.5 Å². The molecule has 6 heteroatoms. The van der Waals surface area contributed by atoms with E-state index < -0.39 is 10.7 Å². The maximum absolute atomic E-state index is 13.3. The Morgan fingerprint density at radius 1 is 1.44 bits per heavy atom. The molecule has 0 N–H and O–H groups in total. The topological polar surface area (TPSA) is 63.4 Å². The predicted octanol–water partition coefficient (Wildman–Crippen LogP) is 1.76. The lowest BCUT2D eigenvalue weighted by Crippen LogP contribution is -2.37. The number of hydrogen-bond acceptors (Lipinski definition) is 4. The van der Waals surface area contributed by atoms with E-state index in [-0.39, 0.29) is 23.2 Å². The fraction of sp³-hybridized carbons (Fsp3) is 0.300. The first-order valence-electron chi connectivity index (χ1n) is 4.81. The molecule has 0 radical (unpaired) electrons. The van der Waals surface area contributed by atoms with Crippen molar-refractivity contribution in [3.63, 3.8) is 0 Å². The van der Waals surface area contributed by atoms with E-state index in [0.29, 0.717) is 13.1 Å². The zero-order chi connectivity index (χ0) is 11.7. The van der Waals surface area contributed by atoms with Crippen LogP contribution in [0.1, 0.15) is 16.8 Å². The highest BCUT2D eigenvalue weighted by Gasteiger charge is 2.25. The summed E-state index contributed by atoms with van der Waals surface area (Å²) in [5.41, 5.74) is -0.251. The van der Waals surface area contributed by atoms with Crippen molar-refractivity contribution >= 4 is 17.7 Å². The highest BCUT2D eigenvalue weighted by molar-refractivity contribution is 5.80. The van der Waals surface area contributed by atoms with Gasteiger partial charge in [-0.1, -0.05) is 0 Å². The van der Waals surface area contributed by atoms with Crippen molar-refractivity contribution in [3.05, 3.63) is 33.6 Å². The van der Waals surface area contributed by atoms with Gasteiger partial charge in [0.2, 0.25) is 0 Å². The van der Waals surface area contributed by atoms with Crippen LogP contribution in [0.2, 0.25) is 0 Å². The Kier molecular flexibility index (Phi) is 2.55. The molecule has 1 fully saturated rings. The lowest BCUT2D eigenvalue weighted by molar-refractivity contribution is -0.384. The van der Waals surface area contributed by atoms with Crippen LogP contribution in [0, 0.1) is 15.9 Å². The minimum atomic E-state index is -0.720. The summed E-state index contributed by atoms with van der Waals surface area (Å²) in [4.78, 5) is 22.4. The average Bonchev–Trinajstić information content (AvgIpc) is 2.14. The number of aldehydes is 1. The van der Waals surface area contributed by atoms with E-state index in [2.05, 4.69) is 0 Å². The second kappa shape index (κ2) is 3.88. The number of carbonyl (C=O) groups is 1. The van der Waals surface area contributed by atoms with Gasteiger partial charge in [-0.05, 0) is 6.42 Å². The second-order valence-electron chi connectivity index (χ2n) is 3.58. The second-order valence-corrected chi connectivity index (χ2v) is 3.58. The standard InChI is InChI=1S/C10H9FN2O3/c11-8-5-9(12-2-1-3-12)10(13(15)16)4-7(8)6-14/h4-6H,1-3H2. The molecule has 1 aliphatic heterocycles. The van der Waals surface area contributed by atoms with Gasteiger partial charge in [0.15, 0.2) is 6.29 Å². The summed E-state index contributed by atoms with van der Waals surface area (Å²) in [6, 6.07) is 2.04. The molecule has 1 aromatic carbocycles. The Hall–Kier alpha value is -1.98. The molecule has 1 aromatic rings. The molecular weight excluding hydrogens is 215 g/mol. The highest BCUT2D eigenvalue weighted by atomic mass is 19.1. The van der Waals surface area contributed by atoms with Crippen LogP contribution in [-0.4, -0.2) is 24.3 Å². The molecule has 0 aromatic heterocycles. The predicted molar refractivity (Wildman–Crippen MR) is 55.3 cm³/mol. The third-order valence-electron chi connectivity index (χ3n) is 2.61. The first-order valence-corrected chi connectivity index (χ1v) is 4.81. The van der Waals surface area contributed by atoms with Gasteiger partial charge < -0.3 is 4.90 Å². The Morgan fingerprint density at radius 2 is 2.12 bits per heavy atom. The van der Waals surface area contributed by atoms with Crippen LogP contribution in [0.15, 0.2) is 12.1 Å². The summed E-state index contributed by atoms with van der Waals surface area (Å²) in [6.07, 6.45) is 1.22. The Morgan fingerprint density at radius 3 is 2.56 bits per heavy atom. The van der Waals surface area contributed by atoms with Crippen LogP contribution < -0.4 is 4.90 Å². The van der Waals surface area contributed by atoms with Crippen LogP contribution in [0.4, 0.5) is 15.8 Å². The van der Waals surface area contributed by atoms with Gasteiger partial charge in [0.25, 0.3) is 5.69 Å². The van der Waals surface area contributed by atoms with Crippen molar-refractivity contribution in [1.82, 2.24) is 0 Å². The summed E-state index contributed by atoms with van der Waals surface area (Å²) >= 11 is 0. The van der Waals surface area contributed by atoms with Gasteiger partial charge in [-0.3, -0.25) is 14.9 Å². The van der Waals surface area contributed by atoms with E-state index in [0.717, 1.165) is 18.6 Å². The average molecular weight is 224 g/mol. The molecule has 0 bridgehead atoms. The minimum Gasteiger partial charge on any atom is -0.366 e. The van der Waals surface area contributed by atoms with Crippen LogP contribution in [0.3, 0.4) is 0 Å².